The first kappa shape index (κ1) is 25.4. The van der Waals surface area contributed by atoms with Crippen molar-refractivity contribution in [3.05, 3.63) is 94.5 Å². The number of hydrogen-bond acceptors (Lipinski definition) is 3. The summed E-state index contributed by atoms with van der Waals surface area (Å²) in [5, 5.41) is 1.06. The fourth-order valence-corrected chi connectivity index (χ4v) is 7.05. The fourth-order valence-electron chi connectivity index (χ4n) is 7.05. The molecule has 0 bridgehead atoms. The van der Waals surface area contributed by atoms with Gasteiger partial charge in [-0.05, 0) is 40.9 Å². The molecule has 1 aromatic heterocycles. The highest BCUT2D eigenvalue weighted by Gasteiger charge is 2.49. The van der Waals surface area contributed by atoms with Gasteiger partial charge in [-0.25, -0.2) is 0 Å². The summed E-state index contributed by atoms with van der Waals surface area (Å²) in [5.41, 5.74) is 6.70. The number of carbonyl (C=O) groups excluding carboxylic acids is 2. The van der Waals surface area contributed by atoms with Crippen molar-refractivity contribution in [3.63, 3.8) is 0 Å². The zero-order valence-corrected chi connectivity index (χ0v) is 23.4. The summed E-state index contributed by atoms with van der Waals surface area (Å²) in [6.07, 6.45) is 10.4. The molecule has 2 aliphatic carbocycles. The van der Waals surface area contributed by atoms with E-state index in [1.807, 2.05) is 18.2 Å². The van der Waals surface area contributed by atoms with E-state index in [0.717, 1.165) is 51.8 Å². The Hall–Kier alpha value is -3.84. The van der Waals surface area contributed by atoms with Gasteiger partial charge in [-0.1, -0.05) is 82.1 Å². The topological polar surface area (TPSA) is 42.3 Å². The molecule has 3 aliphatic rings. The zero-order chi connectivity index (χ0) is 27.5. The van der Waals surface area contributed by atoms with Gasteiger partial charge in [0.15, 0.2) is 11.6 Å². The van der Waals surface area contributed by atoms with Crippen molar-refractivity contribution in [3.8, 4) is 12.3 Å². The second-order valence-electron chi connectivity index (χ2n) is 13.0. The predicted molar refractivity (Wildman–Crippen MR) is 156 cm³/mol. The maximum Gasteiger partial charge on any atom is 0.162 e. The Bertz CT molecular complexity index is 1550. The number of fused-ring (bicyclic) bond motifs is 1. The smallest absolute Gasteiger partial charge is 0.162 e. The quantitative estimate of drug-likeness (QED) is 0.346. The molecule has 39 heavy (non-hydrogen) atoms. The Kier molecular flexibility index (Phi) is 5.95. The van der Waals surface area contributed by atoms with Crippen LogP contribution in [0.1, 0.15) is 70.4 Å². The van der Waals surface area contributed by atoms with Gasteiger partial charge in [-0.2, -0.15) is 0 Å². The van der Waals surface area contributed by atoms with Crippen LogP contribution >= 0.6 is 0 Å². The van der Waals surface area contributed by atoms with Gasteiger partial charge in [-0.3, -0.25) is 9.59 Å². The van der Waals surface area contributed by atoms with Gasteiger partial charge >= 0.3 is 0 Å². The van der Waals surface area contributed by atoms with E-state index >= 15 is 0 Å². The van der Waals surface area contributed by atoms with Crippen molar-refractivity contribution in [2.45, 2.75) is 72.4 Å². The summed E-state index contributed by atoms with van der Waals surface area (Å²) in [7, 11) is 0. The predicted octanol–water partition coefficient (Wildman–Crippen LogP) is 7.16. The fraction of sp³-hybridized carbons (Fsp3) is 0.371. The van der Waals surface area contributed by atoms with Crippen LogP contribution in [-0.4, -0.2) is 21.0 Å². The number of ketones is 2. The molecule has 2 heterocycles. The molecule has 0 saturated carbocycles. The molecular weight excluding hydrogens is 480 g/mol. The van der Waals surface area contributed by atoms with Gasteiger partial charge in [-0.15, -0.1) is 6.42 Å². The Labute approximate surface area is 231 Å². The van der Waals surface area contributed by atoms with Crippen LogP contribution in [0.5, 0.6) is 0 Å². The third-order valence-corrected chi connectivity index (χ3v) is 8.60. The summed E-state index contributed by atoms with van der Waals surface area (Å²) >= 11 is 0. The number of benzene rings is 2. The summed E-state index contributed by atoms with van der Waals surface area (Å²) in [6.45, 7) is 9.82. The minimum atomic E-state index is -0.377. The molecule has 4 heteroatoms. The van der Waals surface area contributed by atoms with Gasteiger partial charge in [0, 0.05) is 64.9 Å². The average molecular weight is 517 g/mol. The molecule has 3 aromatic rings. The molecule has 6 rings (SSSR count). The molecule has 4 nitrogen and oxygen atoms in total. The summed E-state index contributed by atoms with van der Waals surface area (Å²) in [6, 6.07) is 18.6. The number of rotatable bonds is 4. The lowest BCUT2D eigenvalue weighted by Crippen LogP contribution is -2.44. The van der Waals surface area contributed by atoms with Crippen molar-refractivity contribution >= 4 is 22.5 Å². The monoisotopic (exact) mass is 516 g/mol. The number of allylic oxidation sites excluding steroid dienone is 4. The van der Waals surface area contributed by atoms with Crippen LogP contribution in [0.4, 0.5) is 0 Å². The number of terminal acetylenes is 1. The molecule has 0 fully saturated rings. The maximum absolute atomic E-state index is 14.1. The van der Waals surface area contributed by atoms with Gasteiger partial charge in [0.1, 0.15) is 0 Å². The third kappa shape index (κ3) is 4.35. The summed E-state index contributed by atoms with van der Waals surface area (Å²) in [4.78, 5) is 30.6. The van der Waals surface area contributed by atoms with Crippen LogP contribution in [0.3, 0.4) is 0 Å². The largest absolute Gasteiger partial charge is 0.343 e. The van der Waals surface area contributed by atoms with E-state index < -0.39 is 0 Å². The highest BCUT2D eigenvalue weighted by molar-refractivity contribution is 6.08. The SMILES string of the molecule is C#CCn1cc(C2C3=C(CC(C)(C)CC3=O)N(Cc3ccccc3)C3=C2C(=O)CC(C)(C)C3)c2ccccc21. The highest BCUT2D eigenvalue weighted by Crippen LogP contribution is 2.55. The summed E-state index contributed by atoms with van der Waals surface area (Å²) in [5.74, 6) is 2.71. The number of carbonyl (C=O) groups is 2. The molecule has 0 saturated heterocycles. The zero-order valence-electron chi connectivity index (χ0n) is 23.4. The second kappa shape index (κ2) is 9.12. The lowest BCUT2D eigenvalue weighted by Gasteiger charge is -2.49. The van der Waals surface area contributed by atoms with Gasteiger partial charge in [0.05, 0.1) is 6.54 Å². The molecule has 0 atom stereocenters. The number of aromatic nitrogens is 1. The van der Waals surface area contributed by atoms with Crippen LogP contribution < -0.4 is 0 Å². The van der Waals surface area contributed by atoms with Crippen molar-refractivity contribution in [1.29, 1.82) is 0 Å². The molecule has 0 unspecified atom stereocenters. The van der Waals surface area contributed by atoms with E-state index in [0.29, 0.717) is 25.9 Å². The number of Topliss-reactive ketones (excluding diaryl/α,β-unsaturated/α-hetero) is 2. The van der Waals surface area contributed by atoms with Crippen LogP contribution in [-0.2, 0) is 22.7 Å². The molecule has 0 amide bonds. The van der Waals surface area contributed by atoms with E-state index in [-0.39, 0.29) is 28.3 Å². The van der Waals surface area contributed by atoms with Crippen LogP contribution in [0.2, 0.25) is 0 Å². The Morgan fingerprint density at radius 3 is 1.97 bits per heavy atom. The highest BCUT2D eigenvalue weighted by atomic mass is 16.1. The number of hydrogen-bond donors (Lipinski definition) is 0. The lowest BCUT2D eigenvalue weighted by molar-refractivity contribution is -0.119. The summed E-state index contributed by atoms with van der Waals surface area (Å²) < 4.78 is 2.08. The van der Waals surface area contributed by atoms with E-state index in [4.69, 9.17) is 6.42 Å². The standard InChI is InChI=1S/C35H36N2O2/c1-6-16-36-22-25(24-14-10-11-15-26(24)36)31-32-27(17-34(2,3)19-29(32)38)37(21-23-12-8-7-9-13-23)28-18-35(4,5)20-30(39)33(28)31/h1,7-15,22,31H,16-21H2,2-5H3. The molecule has 198 valence electrons. The molecule has 0 N–H and O–H groups in total. The van der Waals surface area contributed by atoms with Crippen molar-refractivity contribution in [2.75, 3.05) is 0 Å². The van der Waals surface area contributed by atoms with E-state index in [1.54, 1.807) is 0 Å². The minimum Gasteiger partial charge on any atom is -0.343 e. The van der Waals surface area contributed by atoms with E-state index in [1.165, 1.54) is 5.56 Å². The molecule has 2 aromatic carbocycles. The lowest BCUT2D eigenvalue weighted by atomic mass is 9.63. The first-order chi connectivity index (χ1) is 18.6. The Balaban J connectivity index is 1.65. The van der Waals surface area contributed by atoms with Gasteiger partial charge in [0.2, 0.25) is 0 Å². The van der Waals surface area contributed by atoms with Crippen LogP contribution in [0, 0.1) is 23.2 Å². The Morgan fingerprint density at radius 2 is 1.38 bits per heavy atom. The second-order valence-corrected chi connectivity index (χ2v) is 13.0. The molecule has 0 spiro atoms. The van der Waals surface area contributed by atoms with Crippen molar-refractivity contribution < 1.29 is 9.59 Å². The van der Waals surface area contributed by atoms with Crippen LogP contribution in [0.25, 0.3) is 10.9 Å². The number of para-hydroxylation sites is 1. The van der Waals surface area contributed by atoms with E-state index in [9.17, 15) is 9.59 Å². The minimum absolute atomic E-state index is 0.154. The molecular formula is C35H36N2O2. The first-order valence-corrected chi connectivity index (χ1v) is 13.9. The van der Waals surface area contributed by atoms with Gasteiger partial charge < -0.3 is 9.47 Å². The molecule has 0 radical (unpaired) electrons. The first-order valence-electron chi connectivity index (χ1n) is 13.9. The van der Waals surface area contributed by atoms with E-state index in [2.05, 4.69) is 85.7 Å². The van der Waals surface area contributed by atoms with Gasteiger partial charge in [0.25, 0.3) is 0 Å². The van der Waals surface area contributed by atoms with Crippen molar-refractivity contribution in [2.24, 2.45) is 10.8 Å². The van der Waals surface area contributed by atoms with Crippen molar-refractivity contribution in [1.82, 2.24) is 9.47 Å². The molecule has 1 aliphatic heterocycles. The third-order valence-electron chi connectivity index (χ3n) is 8.60. The normalized spacial score (nSPS) is 20.7. The average Bonchev–Trinajstić information content (AvgIpc) is 3.22. The number of nitrogens with zero attached hydrogens (tertiary/aromatic N) is 2. The Morgan fingerprint density at radius 1 is 0.821 bits per heavy atom. The maximum atomic E-state index is 14.1. The van der Waals surface area contributed by atoms with Crippen LogP contribution in [0.15, 0.2) is 83.3 Å².